The van der Waals surface area contributed by atoms with Gasteiger partial charge >= 0.3 is 0 Å². The summed E-state index contributed by atoms with van der Waals surface area (Å²) in [6.45, 7) is 4.85. The van der Waals surface area contributed by atoms with Crippen LogP contribution in [0.4, 0.5) is 5.88 Å². The van der Waals surface area contributed by atoms with Crippen molar-refractivity contribution in [3.05, 3.63) is 64.3 Å². The van der Waals surface area contributed by atoms with E-state index in [-0.39, 0.29) is 5.43 Å². The molecule has 24 heavy (non-hydrogen) atoms. The fourth-order valence-corrected chi connectivity index (χ4v) is 3.19. The van der Waals surface area contributed by atoms with Gasteiger partial charge < -0.3 is 14.1 Å². The van der Waals surface area contributed by atoms with E-state index in [1.807, 2.05) is 30.3 Å². The van der Waals surface area contributed by atoms with Crippen LogP contribution in [0.3, 0.4) is 0 Å². The Morgan fingerprint density at radius 1 is 0.958 bits per heavy atom. The molecule has 122 valence electrons. The summed E-state index contributed by atoms with van der Waals surface area (Å²) in [4.78, 5) is 14.7. The lowest BCUT2D eigenvalue weighted by molar-refractivity contribution is 0.121. The summed E-state index contributed by atoms with van der Waals surface area (Å²) in [6, 6.07) is 15.5. The Balaban J connectivity index is 1.93. The van der Waals surface area contributed by atoms with Gasteiger partial charge in [-0.1, -0.05) is 36.4 Å². The number of anilines is 1. The molecule has 1 aromatic heterocycles. The third-order valence-electron chi connectivity index (χ3n) is 4.50. The largest absolute Gasteiger partial charge is 0.440 e. The van der Waals surface area contributed by atoms with Gasteiger partial charge in [-0.3, -0.25) is 4.79 Å². The minimum atomic E-state index is -0.00632. The fraction of sp³-hybridized carbons (Fsp3) is 0.250. The van der Waals surface area contributed by atoms with Crippen molar-refractivity contribution in [3.63, 3.8) is 0 Å². The van der Waals surface area contributed by atoms with E-state index in [1.165, 1.54) is 0 Å². The van der Waals surface area contributed by atoms with Crippen LogP contribution in [0.25, 0.3) is 22.1 Å². The molecule has 1 aliphatic rings. The van der Waals surface area contributed by atoms with E-state index in [1.54, 1.807) is 6.07 Å². The summed E-state index contributed by atoms with van der Waals surface area (Å²) in [5, 5.41) is 0.618. The number of aryl methyl sites for hydroxylation is 1. The van der Waals surface area contributed by atoms with Crippen molar-refractivity contribution in [2.75, 3.05) is 31.2 Å². The number of benzene rings is 2. The minimum Gasteiger partial charge on any atom is -0.440 e. The molecule has 3 aromatic rings. The lowest BCUT2D eigenvalue weighted by atomic mass is 9.98. The van der Waals surface area contributed by atoms with Gasteiger partial charge in [-0.15, -0.1) is 0 Å². The van der Waals surface area contributed by atoms with Gasteiger partial charge in [0.2, 0.25) is 0 Å². The second kappa shape index (κ2) is 6.13. The zero-order chi connectivity index (χ0) is 16.5. The molecule has 0 spiro atoms. The number of para-hydroxylation sites is 1. The maximum atomic E-state index is 12.6. The lowest BCUT2D eigenvalue weighted by Gasteiger charge is -2.27. The highest BCUT2D eigenvalue weighted by atomic mass is 16.5. The molecule has 0 bridgehead atoms. The first-order valence-electron chi connectivity index (χ1n) is 8.19. The maximum Gasteiger partial charge on any atom is 0.200 e. The molecule has 4 rings (SSSR count). The Hall–Kier alpha value is -2.59. The number of ether oxygens (including phenoxy) is 1. The summed E-state index contributed by atoms with van der Waals surface area (Å²) in [5.74, 6) is 0.622. The maximum absolute atomic E-state index is 12.6. The van der Waals surface area contributed by atoms with Crippen LogP contribution < -0.4 is 10.3 Å². The van der Waals surface area contributed by atoms with E-state index in [0.717, 1.165) is 29.8 Å². The van der Waals surface area contributed by atoms with Crippen LogP contribution in [0, 0.1) is 6.92 Å². The highest BCUT2D eigenvalue weighted by Gasteiger charge is 2.17. The van der Waals surface area contributed by atoms with Crippen molar-refractivity contribution < 1.29 is 9.15 Å². The van der Waals surface area contributed by atoms with Gasteiger partial charge in [0, 0.05) is 24.7 Å². The molecule has 2 aromatic carbocycles. The zero-order valence-corrected chi connectivity index (χ0v) is 13.6. The number of nitrogens with zero attached hydrogens (tertiary/aromatic N) is 1. The van der Waals surface area contributed by atoms with Gasteiger partial charge in [0.05, 0.1) is 18.6 Å². The summed E-state index contributed by atoms with van der Waals surface area (Å²) >= 11 is 0. The number of fused-ring (bicyclic) bond motifs is 1. The normalized spacial score (nSPS) is 15.0. The van der Waals surface area contributed by atoms with E-state index >= 15 is 0 Å². The number of rotatable bonds is 2. The van der Waals surface area contributed by atoms with Gasteiger partial charge in [-0.2, -0.15) is 0 Å². The fourth-order valence-electron chi connectivity index (χ4n) is 3.19. The van der Waals surface area contributed by atoms with E-state index in [4.69, 9.17) is 9.15 Å². The summed E-state index contributed by atoms with van der Waals surface area (Å²) in [7, 11) is 0. The van der Waals surface area contributed by atoms with Crippen molar-refractivity contribution in [2.45, 2.75) is 6.92 Å². The van der Waals surface area contributed by atoms with E-state index in [9.17, 15) is 4.79 Å². The summed E-state index contributed by atoms with van der Waals surface area (Å²) < 4.78 is 11.6. The minimum absolute atomic E-state index is 0.00632. The first kappa shape index (κ1) is 15.0. The number of hydrogen-bond donors (Lipinski definition) is 0. The van der Waals surface area contributed by atoms with Crippen LogP contribution in [-0.2, 0) is 4.74 Å². The molecule has 0 saturated carbocycles. The van der Waals surface area contributed by atoms with E-state index in [0.29, 0.717) is 30.1 Å². The van der Waals surface area contributed by atoms with Gasteiger partial charge in [0.1, 0.15) is 5.58 Å². The highest BCUT2D eigenvalue weighted by molar-refractivity contribution is 5.93. The van der Waals surface area contributed by atoms with Crippen LogP contribution in [0.1, 0.15) is 5.56 Å². The lowest BCUT2D eigenvalue weighted by Crippen LogP contribution is -2.36. The first-order valence-corrected chi connectivity index (χ1v) is 8.19. The molecule has 2 heterocycles. The average molecular weight is 321 g/mol. The predicted molar refractivity (Wildman–Crippen MR) is 95.7 cm³/mol. The standard InChI is InChI=1S/C20H19NO3/c1-14-5-2-3-6-15(14)16-7-4-8-17-18(22)13-19(24-20(16)17)21-9-11-23-12-10-21/h2-8,13H,9-12H2,1H3. The monoisotopic (exact) mass is 321 g/mol. The Morgan fingerprint density at radius 2 is 1.71 bits per heavy atom. The quantitative estimate of drug-likeness (QED) is 0.723. The van der Waals surface area contributed by atoms with Gasteiger partial charge in [0.15, 0.2) is 11.3 Å². The molecular weight excluding hydrogens is 302 g/mol. The summed E-state index contributed by atoms with van der Waals surface area (Å²) in [6.07, 6.45) is 0. The third kappa shape index (κ3) is 2.59. The molecule has 1 saturated heterocycles. The molecule has 0 amide bonds. The Bertz CT molecular complexity index is 939. The van der Waals surface area contributed by atoms with Crippen molar-refractivity contribution in [1.82, 2.24) is 0 Å². The third-order valence-corrected chi connectivity index (χ3v) is 4.50. The van der Waals surface area contributed by atoms with Gasteiger partial charge in [-0.05, 0) is 24.1 Å². The Morgan fingerprint density at radius 3 is 2.50 bits per heavy atom. The van der Waals surface area contributed by atoms with Gasteiger partial charge in [0.25, 0.3) is 0 Å². The summed E-state index contributed by atoms with van der Waals surface area (Å²) in [5.41, 5.74) is 3.85. The molecular formula is C20H19NO3. The molecule has 0 unspecified atom stereocenters. The molecule has 0 atom stereocenters. The Kier molecular flexibility index (Phi) is 3.82. The number of hydrogen-bond acceptors (Lipinski definition) is 4. The van der Waals surface area contributed by atoms with E-state index in [2.05, 4.69) is 24.0 Å². The average Bonchev–Trinajstić information content (AvgIpc) is 2.63. The molecule has 1 aliphatic heterocycles. The van der Waals surface area contributed by atoms with E-state index < -0.39 is 0 Å². The van der Waals surface area contributed by atoms with Crippen LogP contribution in [0.2, 0.25) is 0 Å². The van der Waals surface area contributed by atoms with Crippen molar-refractivity contribution in [1.29, 1.82) is 0 Å². The highest BCUT2D eigenvalue weighted by Crippen LogP contribution is 2.31. The smallest absolute Gasteiger partial charge is 0.200 e. The molecule has 0 radical (unpaired) electrons. The molecule has 4 nitrogen and oxygen atoms in total. The van der Waals surface area contributed by atoms with Crippen LogP contribution in [-0.4, -0.2) is 26.3 Å². The van der Waals surface area contributed by atoms with Crippen molar-refractivity contribution >= 4 is 16.9 Å². The first-order chi connectivity index (χ1) is 11.7. The molecule has 0 N–H and O–H groups in total. The SMILES string of the molecule is Cc1ccccc1-c1cccc2c(=O)cc(N3CCOCC3)oc12. The zero-order valence-electron chi connectivity index (χ0n) is 13.6. The van der Waals surface area contributed by atoms with Crippen LogP contribution in [0.5, 0.6) is 0 Å². The van der Waals surface area contributed by atoms with Gasteiger partial charge in [-0.25, -0.2) is 0 Å². The van der Waals surface area contributed by atoms with Crippen LogP contribution in [0.15, 0.2) is 57.7 Å². The van der Waals surface area contributed by atoms with Crippen molar-refractivity contribution in [2.24, 2.45) is 0 Å². The van der Waals surface area contributed by atoms with Crippen molar-refractivity contribution in [3.8, 4) is 11.1 Å². The second-order valence-electron chi connectivity index (χ2n) is 6.05. The topological polar surface area (TPSA) is 42.7 Å². The second-order valence-corrected chi connectivity index (χ2v) is 6.05. The predicted octanol–water partition coefficient (Wildman–Crippen LogP) is 3.61. The molecule has 0 aliphatic carbocycles. The molecule has 1 fully saturated rings. The Labute approximate surface area is 140 Å². The van der Waals surface area contributed by atoms with Crippen LogP contribution >= 0.6 is 0 Å². The number of morpholine rings is 1. The molecule has 4 heteroatoms.